The first-order valence-electron chi connectivity index (χ1n) is 6.20. The lowest BCUT2D eigenvalue weighted by Gasteiger charge is -2.21. The van der Waals surface area contributed by atoms with E-state index in [1.807, 2.05) is 12.1 Å². The van der Waals surface area contributed by atoms with Gasteiger partial charge >= 0.3 is 0 Å². The number of ketones is 1. The summed E-state index contributed by atoms with van der Waals surface area (Å²) in [6.45, 7) is 2.85. The zero-order valence-corrected chi connectivity index (χ0v) is 10.0. The highest BCUT2D eigenvalue weighted by molar-refractivity contribution is 6.24. The molecular formula is C15H16O2. The third-order valence-electron chi connectivity index (χ3n) is 3.61. The first kappa shape index (κ1) is 10.7. The van der Waals surface area contributed by atoms with Gasteiger partial charge in [0.25, 0.3) is 0 Å². The molecule has 1 heterocycles. The van der Waals surface area contributed by atoms with Crippen molar-refractivity contribution in [3.63, 3.8) is 0 Å². The van der Waals surface area contributed by atoms with E-state index in [9.17, 15) is 4.79 Å². The number of carbonyl (C=O) groups excluding carboxylic acids is 1. The van der Waals surface area contributed by atoms with Crippen molar-refractivity contribution in [2.45, 2.75) is 32.3 Å². The van der Waals surface area contributed by atoms with Gasteiger partial charge in [0.15, 0.2) is 5.78 Å². The zero-order valence-electron chi connectivity index (χ0n) is 10.0. The summed E-state index contributed by atoms with van der Waals surface area (Å²) in [7, 11) is 0. The summed E-state index contributed by atoms with van der Waals surface area (Å²) in [6.07, 6.45) is 2.65. The van der Waals surface area contributed by atoms with E-state index in [4.69, 9.17) is 4.74 Å². The van der Waals surface area contributed by atoms with E-state index in [-0.39, 0.29) is 11.9 Å². The number of carbonyl (C=O) groups is 1. The molecule has 1 aliphatic heterocycles. The van der Waals surface area contributed by atoms with E-state index in [1.54, 1.807) is 0 Å². The normalized spacial score (nSPS) is 24.1. The molecule has 0 radical (unpaired) electrons. The lowest BCUT2D eigenvalue weighted by atomic mass is 9.96. The number of fused-ring (bicyclic) bond motifs is 1. The van der Waals surface area contributed by atoms with Crippen LogP contribution in [0.2, 0.25) is 0 Å². The molecule has 2 aliphatic rings. The Morgan fingerprint density at radius 2 is 2.00 bits per heavy atom. The summed E-state index contributed by atoms with van der Waals surface area (Å²) in [5.74, 6) is 0.246. The summed E-state index contributed by atoms with van der Waals surface area (Å²) < 4.78 is 5.67. The van der Waals surface area contributed by atoms with Crippen LogP contribution in [0.4, 0.5) is 0 Å². The topological polar surface area (TPSA) is 26.3 Å². The SMILES string of the molecule is Cc1ccc(C2=C3CCCOC3CC2=O)cc1. The maximum atomic E-state index is 12.1. The molecule has 2 nitrogen and oxygen atoms in total. The Kier molecular flexibility index (Phi) is 2.60. The van der Waals surface area contributed by atoms with Crippen LogP contribution in [0.3, 0.4) is 0 Å². The van der Waals surface area contributed by atoms with E-state index in [1.165, 1.54) is 11.1 Å². The average Bonchev–Trinajstić information content (AvgIpc) is 2.66. The molecule has 1 atom stereocenters. The van der Waals surface area contributed by atoms with Crippen LogP contribution in [0.5, 0.6) is 0 Å². The summed E-state index contributed by atoms with van der Waals surface area (Å²) >= 11 is 0. The van der Waals surface area contributed by atoms with E-state index in [0.29, 0.717) is 6.42 Å². The van der Waals surface area contributed by atoms with Gasteiger partial charge in [0.2, 0.25) is 0 Å². The Balaban J connectivity index is 2.05. The number of hydrogen-bond donors (Lipinski definition) is 0. The molecular weight excluding hydrogens is 212 g/mol. The van der Waals surface area contributed by atoms with Crippen LogP contribution in [-0.2, 0) is 9.53 Å². The molecule has 17 heavy (non-hydrogen) atoms. The number of ether oxygens (including phenoxy) is 1. The highest BCUT2D eigenvalue weighted by Crippen LogP contribution is 2.37. The van der Waals surface area contributed by atoms with Crippen molar-refractivity contribution in [3.8, 4) is 0 Å². The van der Waals surface area contributed by atoms with Crippen molar-refractivity contribution in [2.75, 3.05) is 6.61 Å². The molecule has 3 rings (SSSR count). The second-order valence-corrected chi connectivity index (χ2v) is 4.86. The largest absolute Gasteiger partial charge is 0.373 e. The number of hydrogen-bond acceptors (Lipinski definition) is 2. The predicted molar refractivity (Wildman–Crippen MR) is 66.7 cm³/mol. The standard InChI is InChI=1S/C15H16O2/c1-10-4-6-11(7-5-10)15-12-3-2-8-17-14(12)9-13(15)16/h4-7,14H,2-3,8-9H2,1H3. The van der Waals surface area contributed by atoms with Crippen LogP contribution in [0, 0.1) is 6.92 Å². The zero-order chi connectivity index (χ0) is 11.8. The van der Waals surface area contributed by atoms with Gasteiger partial charge in [0, 0.05) is 18.6 Å². The first-order valence-corrected chi connectivity index (χ1v) is 6.20. The molecule has 1 unspecified atom stereocenters. The molecule has 1 aromatic rings. The van der Waals surface area contributed by atoms with Gasteiger partial charge < -0.3 is 4.74 Å². The molecule has 1 saturated heterocycles. The van der Waals surface area contributed by atoms with Gasteiger partial charge in [-0.25, -0.2) is 0 Å². The third-order valence-corrected chi connectivity index (χ3v) is 3.61. The van der Waals surface area contributed by atoms with Gasteiger partial charge in [-0.05, 0) is 30.9 Å². The van der Waals surface area contributed by atoms with Gasteiger partial charge in [-0.2, -0.15) is 0 Å². The Morgan fingerprint density at radius 3 is 2.76 bits per heavy atom. The van der Waals surface area contributed by atoms with Crippen LogP contribution in [-0.4, -0.2) is 18.5 Å². The van der Waals surface area contributed by atoms with Crippen LogP contribution in [0.15, 0.2) is 29.8 Å². The van der Waals surface area contributed by atoms with Crippen LogP contribution >= 0.6 is 0 Å². The average molecular weight is 228 g/mol. The monoisotopic (exact) mass is 228 g/mol. The van der Waals surface area contributed by atoms with Crippen molar-refractivity contribution >= 4 is 11.4 Å². The predicted octanol–water partition coefficient (Wildman–Crippen LogP) is 2.90. The van der Waals surface area contributed by atoms with Crippen LogP contribution in [0.25, 0.3) is 5.57 Å². The van der Waals surface area contributed by atoms with Gasteiger partial charge in [0.05, 0.1) is 6.10 Å². The van der Waals surface area contributed by atoms with Crippen LogP contribution < -0.4 is 0 Å². The third kappa shape index (κ3) is 1.83. The molecule has 0 N–H and O–H groups in total. The lowest BCUT2D eigenvalue weighted by molar-refractivity contribution is -0.114. The Morgan fingerprint density at radius 1 is 1.24 bits per heavy atom. The number of Topliss-reactive ketones (excluding diaryl/α,β-unsaturated/α-hetero) is 1. The highest BCUT2D eigenvalue weighted by Gasteiger charge is 2.34. The molecule has 1 fully saturated rings. The van der Waals surface area contributed by atoms with Gasteiger partial charge in [-0.15, -0.1) is 0 Å². The van der Waals surface area contributed by atoms with E-state index < -0.39 is 0 Å². The minimum absolute atomic E-state index is 0.0625. The summed E-state index contributed by atoms with van der Waals surface area (Å²) in [4.78, 5) is 12.1. The number of aryl methyl sites for hydroxylation is 1. The number of rotatable bonds is 1. The quantitative estimate of drug-likeness (QED) is 0.738. The molecule has 0 saturated carbocycles. The van der Waals surface area contributed by atoms with Crippen LogP contribution in [0.1, 0.15) is 30.4 Å². The smallest absolute Gasteiger partial charge is 0.166 e. The molecule has 1 aliphatic carbocycles. The number of benzene rings is 1. The van der Waals surface area contributed by atoms with Gasteiger partial charge in [-0.1, -0.05) is 29.8 Å². The van der Waals surface area contributed by atoms with Crippen molar-refractivity contribution in [1.29, 1.82) is 0 Å². The van der Waals surface area contributed by atoms with Crippen molar-refractivity contribution in [2.24, 2.45) is 0 Å². The van der Waals surface area contributed by atoms with E-state index >= 15 is 0 Å². The van der Waals surface area contributed by atoms with Crippen molar-refractivity contribution in [1.82, 2.24) is 0 Å². The molecule has 0 aromatic heterocycles. The second-order valence-electron chi connectivity index (χ2n) is 4.86. The Bertz CT molecular complexity index is 482. The fourth-order valence-electron chi connectivity index (χ4n) is 2.73. The molecule has 0 bridgehead atoms. The molecule has 88 valence electrons. The van der Waals surface area contributed by atoms with Gasteiger partial charge in [0.1, 0.15) is 0 Å². The molecule has 0 spiro atoms. The minimum atomic E-state index is 0.0625. The fourth-order valence-corrected chi connectivity index (χ4v) is 2.73. The first-order chi connectivity index (χ1) is 8.25. The highest BCUT2D eigenvalue weighted by atomic mass is 16.5. The Hall–Kier alpha value is -1.41. The fraction of sp³-hybridized carbons (Fsp3) is 0.400. The summed E-state index contributed by atoms with van der Waals surface area (Å²) in [6, 6.07) is 8.22. The van der Waals surface area contributed by atoms with Crippen molar-refractivity contribution < 1.29 is 9.53 Å². The minimum Gasteiger partial charge on any atom is -0.373 e. The van der Waals surface area contributed by atoms with Gasteiger partial charge in [-0.3, -0.25) is 4.79 Å². The molecule has 2 heteroatoms. The lowest BCUT2D eigenvalue weighted by Crippen LogP contribution is -2.19. The maximum absolute atomic E-state index is 12.1. The van der Waals surface area contributed by atoms with E-state index in [0.717, 1.165) is 30.6 Å². The maximum Gasteiger partial charge on any atom is 0.166 e. The number of allylic oxidation sites excluding steroid dienone is 1. The summed E-state index contributed by atoms with van der Waals surface area (Å²) in [5, 5.41) is 0. The summed E-state index contributed by atoms with van der Waals surface area (Å²) in [5.41, 5.74) is 4.43. The molecule has 0 amide bonds. The Labute approximate surface area is 101 Å². The van der Waals surface area contributed by atoms with E-state index in [2.05, 4.69) is 19.1 Å². The second kappa shape index (κ2) is 4.11. The van der Waals surface area contributed by atoms with Crippen molar-refractivity contribution in [3.05, 3.63) is 41.0 Å². The molecule has 1 aromatic carbocycles.